The van der Waals surface area contributed by atoms with Gasteiger partial charge in [-0.3, -0.25) is 10.0 Å². The van der Waals surface area contributed by atoms with Gasteiger partial charge < -0.3 is 9.47 Å². The van der Waals surface area contributed by atoms with Crippen LogP contribution in [0.15, 0.2) is 48.5 Å². The van der Waals surface area contributed by atoms with Gasteiger partial charge in [0, 0.05) is 11.8 Å². The van der Waals surface area contributed by atoms with Crippen molar-refractivity contribution in [2.75, 3.05) is 13.2 Å². The molecule has 0 unspecified atom stereocenters. The SMILES string of the molecule is O=C(NO)[C@@H]1[C@H](c2ccccc2)[C@H]1c1ccc2c(c1)OCCO2. The molecule has 2 aromatic rings. The van der Waals surface area contributed by atoms with Crippen molar-refractivity contribution in [1.82, 2.24) is 5.48 Å². The van der Waals surface area contributed by atoms with Crippen LogP contribution in [-0.4, -0.2) is 24.3 Å². The second kappa shape index (κ2) is 5.59. The van der Waals surface area contributed by atoms with E-state index in [0.717, 1.165) is 22.6 Å². The minimum absolute atomic E-state index is 0.0281. The lowest BCUT2D eigenvalue weighted by Crippen LogP contribution is -2.21. The number of hydrogen-bond acceptors (Lipinski definition) is 4. The third-order valence-electron chi connectivity index (χ3n) is 4.57. The number of carbonyl (C=O) groups excluding carboxylic acids is 1. The standard InChI is InChI=1S/C18H17NO4/c20-18(19-21)17-15(11-4-2-1-3-5-11)16(17)12-6-7-13-14(10-12)23-9-8-22-13/h1-7,10,15-17,21H,8-9H2,(H,19,20)/t15-,16-,17-/m1/s1. The Morgan fingerprint density at radius 3 is 2.39 bits per heavy atom. The van der Waals surface area contributed by atoms with E-state index in [0.29, 0.717) is 13.2 Å². The number of rotatable bonds is 3. The normalized spacial score (nSPS) is 24.8. The first-order valence-corrected chi connectivity index (χ1v) is 7.68. The van der Waals surface area contributed by atoms with Crippen LogP contribution in [0.1, 0.15) is 23.0 Å². The molecular formula is C18H17NO4. The summed E-state index contributed by atoms with van der Waals surface area (Å²) in [6.07, 6.45) is 0. The molecule has 0 saturated heterocycles. The van der Waals surface area contributed by atoms with Crippen LogP contribution >= 0.6 is 0 Å². The molecule has 2 aromatic carbocycles. The predicted molar refractivity (Wildman–Crippen MR) is 82.8 cm³/mol. The van der Waals surface area contributed by atoms with E-state index in [1.165, 1.54) is 0 Å². The fraction of sp³-hybridized carbons (Fsp3) is 0.278. The van der Waals surface area contributed by atoms with Crippen molar-refractivity contribution in [3.05, 3.63) is 59.7 Å². The maximum Gasteiger partial charge on any atom is 0.247 e. The van der Waals surface area contributed by atoms with Gasteiger partial charge in [0.05, 0.1) is 5.92 Å². The number of carbonyl (C=O) groups is 1. The molecule has 0 radical (unpaired) electrons. The van der Waals surface area contributed by atoms with E-state index >= 15 is 0 Å². The van der Waals surface area contributed by atoms with Crippen molar-refractivity contribution in [1.29, 1.82) is 0 Å². The van der Waals surface area contributed by atoms with E-state index in [9.17, 15) is 4.79 Å². The van der Waals surface area contributed by atoms with E-state index in [2.05, 4.69) is 0 Å². The van der Waals surface area contributed by atoms with E-state index < -0.39 is 0 Å². The predicted octanol–water partition coefficient (Wildman–Crippen LogP) is 2.46. The molecule has 0 spiro atoms. The Kier molecular flexibility index (Phi) is 3.42. The van der Waals surface area contributed by atoms with Gasteiger partial charge in [0.1, 0.15) is 13.2 Å². The van der Waals surface area contributed by atoms with Gasteiger partial charge >= 0.3 is 0 Å². The second-order valence-electron chi connectivity index (χ2n) is 5.87. The van der Waals surface area contributed by atoms with Gasteiger partial charge in [-0.2, -0.15) is 0 Å². The lowest BCUT2D eigenvalue weighted by Gasteiger charge is -2.19. The number of hydroxylamine groups is 1. The van der Waals surface area contributed by atoms with Crippen LogP contribution in [0, 0.1) is 5.92 Å². The number of amides is 1. The average molecular weight is 311 g/mol. The molecule has 1 amide bonds. The summed E-state index contributed by atoms with van der Waals surface area (Å²) in [4.78, 5) is 12.0. The fourth-order valence-corrected chi connectivity index (χ4v) is 3.48. The smallest absolute Gasteiger partial charge is 0.247 e. The molecular weight excluding hydrogens is 294 g/mol. The highest BCUT2D eigenvalue weighted by molar-refractivity contribution is 5.84. The lowest BCUT2D eigenvalue weighted by molar-refractivity contribution is -0.130. The molecule has 23 heavy (non-hydrogen) atoms. The fourth-order valence-electron chi connectivity index (χ4n) is 3.48. The summed E-state index contributed by atoms with van der Waals surface area (Å²) >= 11 is 0. The Bertz CT molecular complexity index is 731. The summed E-state index contributed by atoms with van der Waals surface area (Å²) in [5.41, 5.74) is 3.92. The quantitative estimate of drug-likeness (QED) is 0.675. The van der Waals surface area contributed by atoms with Crippen LogP contribution in [0.25, 0.3) is 0 Å². The summed E-state index contributed by atoms with van der Waals surface area (Å²) in [6.45, 7) is 1.09. The van der Waals surface area contributed by atoms with Gasteiger partial charge in [-0.05, 0) is 23.3 Å². The first-order valence-electron chi connectivity index (χ1n) is 7.68. The monoisotopic (exact) mass is 311 g/mol. The van der Waals surface area contributed by atoms with E-state index in [1.54, 1.807) is 5.48 Å². The molecule has 1 fully saturated rings. The molecule has 3 atom stereocenters. The van der Waals surface area contributed by atoms with Crippen molar-refractivity contribution in [3.8, 4) is 11.5 Å². The lowest BCUT2D eigenvalue weighted by atomic mass is 10.0. The molecule has 1 aliphatic carbocycles. The third-order valence-corrected chi connectivity index (χ3v) is 4.57. The molecule has 1 saturated carbocycles. The van der Waals surface area contributed by atoms with E-state index in [-0.39, 0.29) is 23.7 Å². The van der Waals surface area contributed by atoms with Crippen molar-refractivity contribution in [2.45, 2.75) is 11.8 Å². The highest BCUT2D eigenvalue weighted by Gasteiger charge is 2.56. The first kappa shape index (κ1) is 14.1. The Hall–Kier alpha value is -2.53. The molecule has 5 heteroatoms. The largest absolute Gasteiger partial charge is 0.486 e. The van der Waals surface area contributed by atoms with Crippen molar-refractivity contribution >= 4 is 5.91 Å². The van der Waals surface area contributed by atoms with Gasteiger partial charge in [0.25, 0.3) is 0 Å². The molecule has 5 nitrogen and oxygen atoms in total. The molecule has 118 valence electrons. The van der Waals surface area contributed by atoms with Crippen LogP contribution < -0.4 is 15.0 Å². The Morgan fingerprint density at radius 2 is 1.65 bits per heavy atom. The van der Waals surface area contributed by atoms with Crippen molar-refractivity contribution < 1.29 is 19.5 Å². The summed E-state index contributed by atoms with van der Waals surface area (Å²) in [6, 6.07) is 15.7. The molecule has 1 heterocycles. The van der Waals surface area contributed by atoms with Crippen LogP contribution in [0.5, 0.6) is 11.5 Å². The molecule has 2 N–H and O–H groups in total. The zero-order valence-corrected chi connectivity index (χ0v) is 12.4. The number of ether oxygens (including phenoxy) is 2. The molecule has 1 aliphatic heterocycles. The summed E-state index contributed by atoms with van der Waals surface area (Å²) < 4.78 is 11.2. The first-order chi connectivity index (χ1) is 11.3. The van der Waals surface area contributed by atoms with E-state index in [1.807, 2.05) is 48.5 Å². The molecule has 0 bridgehead atoms. The molecule has 0 aromatic heterocycles. The maximum absolute atomic E-state index is 12.0. The van der Waals surface area contributed by atoms with Gasteiger partial charge in [0.15, 0.2) is 11.5 Å². The second-order valence-corrected chi connectivity index (χ2v) is 5.87. The molecule has 2 aliphatic rings. The molecule has 4 rings (SSSR count). The highest BCUT2D eigenvalue weighted by Crippen LogP contribution is 2.61. The zero-order valence-electron chi connectivity index (χ0n) is 12.4. The number of fused-ring (bicyclic) bond motifs is 1. The number of nitrogens with one attached hydrogen (secondary N) is 1. The Labute approximate surface area is 133 Å². The zero-order chi connectivity index (χ0) is 15.8. The Morgan fingerprint density at radius 1 is 0.957 bits per heavy atom. The summed E-state index contributed by atoms with van der Waals surface area (Å²) in [7, 11) is 0. The number of hydrogen-bond donors (Lipinski definition) is 2. The van der Waals surface area contributed by atoms with Gasteiger partial charge in [-0.1, -0.05) is 36.4 Å². The van der Waals surface area contributed by atoms with Gasteiger partial charge in [-0.15, -0.1) is 0 Å². The van der Waals surface area contributed by atoms with Crippen LogP contribution in [0.4, 0.5) is 0 Å². The maximum atomic E-state index is 12.0. The van der Waals surface area contributed by atoms with E-state index in [4.69, 9.17) is 14.7 Å². The Balaban J connectivity index is 1.67. The summed E-state index contributed by atoms with van der Waals surface area (Å²) in [5.74, 6) is 0.922. The minimum Gasteiger partial charge on any atom is -0.486 e. The van der Waals surface area contributed by atoms with Crippen LogP contribution in [0.2, 0.25) is 0 Å². The third kappa shape index (κ3) is 2.43. The van der Waals surface area contributed by atoms with Gasteiger partial charge in [-0.25, -0.2) is 5.48 Å². The topological polar surface area (TPSA) is 67.8 Å². The average Bonchev–Trinajstić information content (AvgIpc) is 3.37. The van der Waals surface area contributed by atoms with Crippen molar-refractivity contribution in [3.63, 3.8) is 0 Å². The minimum atomic E-state index is -0.348. The van der Waals surface area contributed by atoms with Crippen LogP contribution in [-0.2, 0) is 4.79 Å². The number of benzene rings is 2. The van der Waals surface area contributed by atoms with Crippen LogP contribution in [0.3, 0.4) is 0 Å². The van der Waals surface area contributed by atoms with Crippen molar-refractivity contribution in [2.24, 2.45) is 5.92 Å². The highest BCUT2D eigenvalue weighted by atomic mass is 16.6. The van der Waals surface area contributed by atoms with Gasteiger partial charge in [0.2, 0.25) is 5.91 Å². The summed E-state index contributed by atoms with van der Waals surface area (Å²) in [5, 5.41) is 9.02.